The van der Waals surface area contributed by atoms with E-state index in [-0.39, 0.29) is 0 Å². The van der Waals surface area contributed by atoms with Gasteiger partial charge < -0.3 is 9.47 Å². The van der Waals surface area contributed by atoms with Gasteiger partial charge in [-0.05, 0) is 45.0 Å². The van der Waals surface area contributed by atoms with Crippen molar-refractivity contribution in [1.29, 1.82) is 0 Å². The van der Waals surface area contributed by atoms with Gasteiger partial charge in [0.25, 0.3) is 0 Å². The van der Waals surface area contributed by atoms with Crippen LogP contribution in [0.4, 0.5) is 0 Å². The van der Waals surface area contributed by atoms with Gasteiger partial charge in [-0.1, -0.05) is 0 Å². The summed E-state index contributed by atoms with van der Waals surface area (Å²) in [5, 5.41) is 4.35. The number of aryl methyl sites for hydroxylation is 2. The summed E-state index contributed by atoms with van der Waals surface area (Å²) in [6, 6.07) is 7.55. The standard InChI is InChI=1S/C14H19N3O2/c1-4-17-11(3)15-14(16-17)10-19-13-8-6-12(7-9-13)18-5-2/h6-9H,4-5,10H2,1-3H3. The van der Waals surface area contributed by atoms with E-state index in [2.05, 4.69) is 10.1 Å². The summed E-state index contributed by atoms with van der Waals surface area (Å²) in [5.41, 5.74) is 0. The second-order valence-electron chi connectivity index (χ2n) is 4.08. The molecule has 2 aromatic rings. The summed E-state index contributed by atoms with van der Waals surface area (Å²) in [5.74, 6) is 3.24. The molecule has 0 saturated heterocycles. The third kappa shape index (κ3) is 3.47. The van der Waals surface area contributed by atoms with E-state index >= 15 is 0 Å². The topological polar surface area (TPSA) is 49.2 Å². The molecule has 1 aromatic heterocycles. The second-order valence-corrected chi connectivity index (χ2v) is 4.08. The van der Waals surface area contributed by atoms with Crippen molar-refractivity contribution in [3.63, 3.8) is 0 Å². The van der Waals surface area contributed by atoms with E-state index in [1.54, 1.807) is 0 Å². The first-order chi connectivity index (χ1) is 9.22. The van der Waals surface area contributed by atoms with Crippen LogP contribution in [0.25, 0.3) is 0 Å². The normalized spacial score (nSPS) is 10.5. The Hall–Kier alpha value is -2.04. The Balaban J connectivity index is 1.94. The van der Waals surface area contributed by atoms with Crippen LogP contribution in [0.2, 0.25) is 0 Å². The minimum Gasteiger partial charge on any atom is -0.494 e. The fourth-order valence-corrected chi connectivity index (χ4v) is 1.79. The van der Waals surface area contributed by atoms with Crippen molar-refractivity contribution in [2.75, 3.05) is 6.61 Å². The third-order valence-electron chi connectivity index (χ3n) is 2.70. The van der Waals surface area contributed by atoms with E-state index in [4.69, 9.17) is 9.47 Å². The van der Waals surface area contributed by atoms with Crippen LogP contribution in [0.5, 0.6) is 11.5 Å². The van der Waals surface area contributed by atoms with Gasteiger partial charge >= 0.3 is 0 Å². The lowest BCUT2D eigenvalue weighted by molar-refractivity contribution is 0.293. The molecule has 5 nitrogen and oxygen atoms in total. The lowest BCUT2D eigenvalue weighted by Crippen LogP contribution is -2.01. The summed E-state index contributed by atoms with van der Waals surface area (Å²) < 4.78 is 12.9. The molecular formula is C14H19N3O2. The van der Waals surface area contributed by atoms with Crippen molar-refractivity contribution in [3.8, 4) is 11.5 Å². The Morgan fingerprint density at radius 2 is 1.68 bits per heavy atom. The van der Waals surface area contributed by atoms with E-state index in [0.29, 0.717) is 19.0 Å². The van der Waals surface area contributed by atoms with Gasteiger partial charge in [-0.2, -0.15) is 5.10 Å². The third-order valence-corrected chi connectivity index (χ3v) is 2.70. The molecule has 0 unspecified atom stereocenters. The highest BCUT2D eigenvalue weighted by molar-refractivity contribution is 5.31. The van der Waals surface area contributed by atoms with E-state index < -0.39 is 0 Å². The molecule has 1 aromatic carbocycles. The molecule has 0 N–H and O–H groups in total. The van der Waals surface area contributed by atoms with Crippen molar-refractivity contribution >= 4 is 0 Å². The Labute approximate surface area is 113 Å². The lowest BCUT2D eigenvalue weighted by atomic mass is 10.3. The van der Waals surface area contributed by atoms with Gasteiger partial charge in [-0.25, -0.2) is 4.98 Å². The predicted octanol–water partition coefficient (Wildman–Crippen LogP) is 2.58. The number of aromatic nitrogens is 3. The number of nitrogens with zero attached hydrogens (tertiary/aromatic N) is 3. The number of rotatable bonds is 6. The molecule has 0 spiro atoms. The quantitative estimate of drug-likeness (QED) is 0.802. The molecule has 0 atom stereocenters. The molecule has 19 heavy (non-hydrogen) atoms. The Morgan fingerprint density at radius 3 is 2.21 bits per heavy atom. The van der Waals surface area contributed by atoms with Gasteiger partial charge in [0, 0.05) is 6.54 Å². The second kappa shape index (κ2) is 6.22. The Morgan fingerprint density at radius 1 is 1.05 bits per heavy atom. The monoisotopic (exact) mass is 261 g/mol. The summed E-state index contributed by atoms with van der Waals surface area (Å²) in [6.07, 6.45) is 0. The molecule has 5 heteroatoms. The van der Waals surface area contributed by atoms with Crippen LogP contribution in [0.15, 0.2) is 24.3 Å². The zero-order chi connectivity index (χ0) is 13.7. The van der Waals surface area contributed by atoms with Crippen LogP contribution in [0.1, 0.15) is 25.5 Å². The zero-order valence-electron chi connectivity index (χ0n) is 11.6. The number of hydrogen-bond acceptors (Lipinski definition) is 4. The summed E-state index contributed by atoms with van der Waals surface area (Å²) in [7, 11) is 0. The molecule has 0 aliphatic carbocycles. The maximum atomic E-state index is 5.64. The number of benzene rings is 1. The van der Waals surface area contributed by atoms with Crippen LogP contribution in [0.3, 0.4) is 0 Å². The first-order valence-electron chi connectivity index (χ1n) is 6.49. The van der Waals surface area contributed by atoms with Crippen molar-refractivity contribution in [3.05, 3.63) is 35.9 Å². The van der Waals surface area contributed by atoms with E-state index in [1.807, 2.05) is 49.7 Å². The smallest absolute Gasteiger partial charge is 0.188 e. The number of hydrogen-bond donors (Lipinski definition) is 0. The van der Waals surface area contributed by atoms with Crippen molar-refractivity contribution in [2.24, 2.45) is 0 Å². The Bertz CT molecular complexity index is 520. The fraction of sp³-hybridized carbons (Fsp3) is 0.429. The van der Waals surface area contributed by atoms with Crippen molar-refractivity contribution in [1.82, 2.24) is 14.8 Å². The minimum atomic E-state index is 0.377. The molecule has 0 fully saturated rings. The average Bonchev–Trinajstić information content (AvgIpc) is 2.79. The molecule has 0 saturated carbocycles. The van der Waals surface area contributed by atoms with Gasteiger partial charge in [0.1, 0.15) is 23.9 Å². The highest BCUT2D eigenvalue weighted by atomic mass is 16.5. The highest BCUT2D eigenvalue weighted by Gasteiger charge is 2.05. The van der Waals surface area contributed by atoms with Gasteiger partial charge in [-0.3, -0.25) is 4.68 Å². The molecule has 0 radical (unpaired) electrons. The summed E-state index contributed by atoms with van der Waals surface area (Å²) >= 11 is 0. The molecule has 0 aliphatic rings. The lowest BCUT2D eigenvalue weighted by Gasteiger charge is -2.05. The van der Waals surface area contributed by atoms with E-state index in [0.717, 1.165) is 23.9 Å². The highest BCUT2D eigenvalue weighted by Crippen LogP contribution is 2.18. The zero-order valence-corrected chi connectivity index (χ0v) is 11.6. The molecule has 0 bridgehead atoms. The van der Waals surface area contributed by atoms with Crippen LogP contribution in [-0.4, -0.2) is 21.4 Å². The maximum absolute atomic E-state index is 5.64. The SMILES string of the molecule is CCOc1ccc(OCc2nc(C)n(CC)n2)cc1. The van der Waals surface area contributed by atoms with Crippen molar-refractivity contribution < 1.29 is 9.47 Å². The largest absolute Gasteiger partial charge is 0.494 e. The maximum Gasteiger partial charge on any atom is 0.188 e. The Kier molecular flexibility index (Phi) is 4.39. The van der Waals surface area contributed by atoms with Crippen LogP contribution < -0.4 is 9.47 Å². The molecule has 102 valence electrons. The van der Waals surface area contributed by atoms with Gasteiger partial charge in [0.05, 0.1) is 6.61 Å². The number of ether oxygens (including phenoxy) is 2. The van der Waals surface area contributed by atoms with Crippen LogP contribution in [0, 0.1) is 6.92 Å². The molecular weight excluding hydrogens is 242 g/mol. The molecule has 0 aliphatic heterocycles. The molecule has 2 rings (SSSR count). The summed E-state index contributed by atoms with van der Waals surface area (Å²) in [6.45, 7) is 7.81. The van der Waals surface area contributed by atoms with Crippen molar-refractivity contribution in [2.45, 2.75) is 33.9 Å². The van der Waals surface area contributed by atoms with E-state index in [9.17, 15) is 0 Å². The van der Waals surface area contributed by atoms with Gasteiger partial charge in [-0.15, -0.1) is 0 Å². The molecule has 0 amide bonds. The minimum absolute atomic E-state index is 0.377. The van der Waals surface area contributed by atoms with Crippen LogP contribution in [-0.2, 0) is 13.2 Å². The average molecular weight is 261 g/mol. The first-order valence-corrected chi connectivity index (χ1v) is 6.49. The summed E-state index contributed by atoms with van der Waals surface area (Å²) in [4.78, 5) is 4.35. The fourth-order valence-electron chi connectivity index (χ4n) is 1.79. The molecule has 1 heterocycles. The van der Waals surface area contributed by atoms with Gasteiger partial charge in [0.2, 0.25) is 0 Å². The first kappa shape index (κ1) is 13.4. The van der Waals surface area contributed by atoms with E-state index in [1.165, 1.54) is 0 Å². The van der Waals surface area contributed by atoms with Crippen LogP contribution >= 0.6 is 0 Å². The van der Waals surface area contributed by atoms with Gasteiger partial charge in [0.15, 0.2) is 5.82 Å². The predicted molar refractivity (Wildman–Crippen MR) is 72.4 cm³/mol.